The fourth-order valence-electron chi connectivity index (χ4n) is 4.01. The molecule has 0 radical (unpaired) electrons. The zero-order chi connectivity index (χ0) is 19.8. The van der Waals surface area contributed by atoms with E-state index in [1.165, 1.54) is 18.0 Å². The number of nitrogens with one attached hydrogen (secondary N) is 2. The Balaban J connectivity index is 1.50. The van der Waals surface area contributed by atoms with E-state index in [9.17, 15) is 4.21 Å². The number of hydrogen-bond donors (Lipinski definition) is 2. The van der Waals surface area contributed by atoms with Crippen LogP contribution in [-0.2, 0) is 17.2 Å². The van der Waals surface area contributed by atoms with Crippen molar-refractivity contribution in [2.75, 3.05) is 36.8 Å². The third kappa shape index (κ3) is 6.17. The summed E-state index contributed by atoms with van der Waals surface area (Å²) >= 11 is 1.76. The van der Waals surface area contributed by atoms with Crippen LogP contribution in [0.3, 0.4) is 0 Å². The monoisotopic (exact) mass is 425 g/mol. The molecule has 3 rings (SSSR count). The first-order chi connectivity index (χ1) is 13.7. The number of rotatable bonds is 8. The van der Waals surface area contributed by atoms with Crippen molar-refractivity contribution < 1.29 is 4.21 Å². The van der Waals surface area contributed by atoms with Crippen molar-refractivity contribution in [2.24, 2.45) is 4.99 Å². The minimum Gasteiger partial charge on any atom is -0.357 e. The summed E-state index contributed by atoms with van der Waals surface area (Å²) in [4.78, 5) is 12.0. The fraction of sp³-hybridized carbons (Fsp3) is 0.800. The van der Waals surface area contributed by atoms with Crippen LogP contribution in [0.4, 0.5) is 5.13 Å². The lowest BCUT2D eigenvalue weighted by Crippen LogP contribution is -2.46. The molecule has 1 aliphatic carbocycles. The van der Waals surface area contributed by atoms with E-state index in [0.29, 0.717) is 11.3 Å². The molecule has 3 atom stereocenters. The molecule has 8 heteroatoms. The van der Waals surface area contributed by atoms with Gasteiger partial charge in [0.05, 0.1) is 5.69 Å². The molecule has 28 heavy (non-hydrogen) atoms. The van der Waals surface area contributed by atoms with Gasteiger partial charge in [0.25, 0.3) is 0 Å². The van der Waals surface area contributed by atoms with Gasteiger partial charge in [-0.15, -0.1) is 11.3 Å². The molecule has 2 heterocycles. The van der Waals surface area contributed by atoms with Gasteiger partial charge in [-0.05, 0) is 39.0 Å². The molecule has 1 aromatic rings. The summed E-state index contributed by atoms with van der Waals surface area (Å²) < 4.78 is 12.2. The lowest BCUT2D eigenvalue weighted by Gasteiger charge is -2.30. The average molecular weight is 426 g/mol. The van der Waals surface area contributed by atoms with Crippen LogP contribution in [0.1, 0.15) is 58.1 Å². The smallest absolute Gasteiger partial charge is 0.191 e. The van der Waals surface area contributed by atoms with E-state index in [2.05, 4.69) is 27.8 Å². The van der Waals surface area contributed by atoms with Gasteiger partial charge in [-0.25, -0.2) is 4.98 Å². The van der Waals surface area contributed by atoms with E-state index in [-0.39, 0.29) is 0 Å². The number of thiazole rings is 1. The first kappa shape index (κ1) is 21.6. The molecule has 1 aliphatic heterocycles. The van der Waals surface area contributed by atoms with Gasteiger partial charge in [-0.3, -0.25) is 9.20 Å². The Morgan fingerprint density at radius 2 is 2.14 bits per heavy atom. The van der Waals surface area contributed by atoms with Crippen molar-refractivity contribution in [3.63, 3.8) is 0 Å². The molecule has 3 unspecified atom stereocenters. The third-order valence-electron chi connectivity index (χ3n) is 5.52. The highest BCUT2D eigenvalue weighted by Gasteiger charge is 2.26. The van der Waals surface area contributed by atoms with Gasteiger partial charge in [0.1, 0.15) is 0 Å². The minimum atomic E-state index is -0.693. The van der Waals surface area contributed by atoms with Crippen LogP contribution >= 0.6 is 11.3 Å². The Kier molecular flexibility index (Phi) is 8.58. The number of anilines is 1. The molecule has 6 nitrogen and oxygen atoms in total. The number of nitrogens with zero attached hydrogens (tertiary/aromatic N) is 3. The van der Waals surface area contributed by atoms with E-state index >= 15 is 0 Å². The molecule has 0 spiro atoms. The van der Waals surface area contributed by atoms with Crippen LogP contribution in [-0.4, -0.2) is 58.4 Å². The number of aromatic nitrogens is 1. The summed E-state index contributed by atoms with van der Waals surface area (Å²) in [7, 11) is -0.693. The van der Waals surface area contributed by atoms with Crippen molar-refractivity contribution >= 4 is 33.2 Å². The molecule has 1 aromatic heterocycles. The summed E-state index contributed by atoms with van der Waals surface area (Å²) in [6, 6.07) is 0.369. The molecule has 1 saturated carbocycles. The third-order valence-corrected chi connectivity index (χ3v) is 8.21. The molecule has 1 saturated heterocycles. The zero-order valence-corrected chi connectivity index (χ0v) is 18.9. The zero-order valence-electron chi connectivity index (χ0n) is 17.3. The number of aliphatic imine (C=N–C) groups is 1. The van der Waals surface area contributed by atoms with E-state index in [1.54, 1.807) is 11.3 Å². The Labute approximate surface area is 176 Å². The predicted octanol–water partition coefficient (Wildman–Crippen LogP) is 2.92. The SMILES string of the molecule is CCNC(=NCCc1csc(N2CCCC2)n1)NC1CCCC(S(=O)CC)C1. The van der Waals surface area contributed by atoms with Crippen LogP contribution in [0.5, 0.6) is 0 Å². The number of guanidine groups is 1. The Morgan fingerprint density at radius 3 is 2.89 bits per heavy atom. The van der Waals surface area contributed by atoms with Gasteiger partial charge in [0, 0.05) is 65.8 Å². The maximum Gasteiger partial charge on any atom is 0.191 e. The van der Waals surface area contributed by atoms with E-state index < -0.39 is 10.8 Å². The van der Waals surface area contributed by atoms with Gasteiger partial charge in [0.2, 0.25) is 0 Å². The van der Waals surface area contributed by atoms with E-state index in [1.807, 2.05) is 6.92 Å². The molecule has 2 fully saturated rings. The van der Waals surface area contributed by atoms with Gasteiger partial charge in [-0.2, -0.15) is 0 Å². The van der Waals surface area contributed by atoms with Crippen molar-refractivity contribution in [1.29, 1.82) is 0 Å². The first-order valence-corrected chi connectivity index (χ1v) is 13.1. The molecule has 2 aliphatic rings. The molecule has 0 bridgehead atoms. The number of hydrogen-bond acceptors (Lipinski definition) is 5. The summed E-state index contributed by atoms with van der Waals surface area (Å²) in [5, 5.41) is 10.6. The minimum absolute atomic E-state index is 0.332. The molecule has 0 amide bonds. The maximum absolute atomic E-state index is 12.2. The lowest BCUT2D eigenvalue weighted by molar-refractivity contribution is 0.413. The Hall–Kier alpha value is -1.15. The summed E-state index contributed by atoms with van der Waals surface area (Å²) in [5.74, 6) is 1.64. The van der Waals surface area contributed by atoms with Gasteiger partial charge < -0.3 is 15.5 Å². The largest absolute Gasteiger partial charge is 0.357 e. The predicted molar refractivity (Wildman–Crippen MR) is 121 cm³/mol. The normalized spacial score (nSPS) is 24.4. The first-order valence-electron chi connectivity index (χ1n) is 10.8. The van der Waals surface area contributed by atoms with Crippen LogP contribution < -0.4 is 15.5 Å². The van der Waals surface area contributed by atoms with Gasteiger partial charge >= 0.3 is 0 Å². The van der Waals surface area contributed by atoms with Crippen molar-refractivity contribution in [3.05, 3.63) is 11.1 Å². The van der Waals surface area contributed by atoms with E-state index in [0.717, 1.165) is 75.7 Å². The van der Waals surface area contributed by atoms with Crippen LogP contribution in [0.25, 0.3) is 0 Å². The van der Waals surface area contributed by atoms with Gasteiger partial charge in [0.15, 0.2) is 11.1 Å². The summed E-state index contributed by atoms with van der Waals surface area (Å²) in [5.41, 5.74) is 1.14. The molecular weight excluding hydrogens is 390 g/mol. The highest BCUT2D eigenvalue weighted by atomic mass is 32.2. The second-order valence-electron chi connectivity index (χ2n) is 7.63. The van der Waals surface area contributed by atoms with Crippen LogP contribution in [0.2, 0.25) is 0 Å². The second kappa shape index (κ2) is 11.1. The van der Waals surface area contributed by atoms with Crippen molar-refractivity contribution in [3.8, 4) is 0 Å². The Bertz CT molecular complexity index is 657. The van der Waals surface area contributed by atoms with E-state index in [4.69, 9.17) is 9.98 Å². The quantitative estimate of drug-likeness (QED) is 0.495. The average Bonchev–Trinajstić information content (AvgIpc) is 3.39. The lowest BCUT2D eigenvalue weighted by atomic mass is 9.95. The molecular formula is C20H35N5OS2. The van der Waals surface area contributed by atoms with Crippen LogP contribution in [0, 0.1) is 0 Å². The summed E-state index contributed by atoms with van der Waals surface area (Å²) in [6.45, 7) is 7.98. The van der Waals surface area contributed by atoms with Gasteiger partial charge in [-0.1, -0.05) is 13.3 Å². The molecule has 0 aromatic carbocycles. The summed E-state index contributed by atoms with van der Waals surface area (Å²) in [6.07, 6.45) is 7.79. The molecule has 158 valence electrons. The van der Waals surface area contributed by atoms with Crippen molar-refractivity contribution in [1.82, 2.24) is 15.6 Å². The fourth-order valence-corrected chi connectivity index (χ4v) is 6.27. The highest BCUT2D eigenvalue weighted by molar-refractivity contribution is 7.85. The van der Waals surface area contributed by atoms with Crippen LogP contribution in [0.15, 0.2) is 10.4 Å². The second-order valence-corrected chi connectivity index (χ2v) is 10.5. The highest BCUT2D eigenvalue weighted by Crippen LogP contribution is 2.25. The topological polar surface area (TPSA) is 69.6 Å². The van der Waals surface area contributed by atoms with Crippen molar-refractivity contribution in [2.45, 2.75) is 70.1 Å². The Morgan fingerprint density at radius 1 is 1.32 bits per heavy atom. The molecule has 2 N–H and O–H groups in total. The standard InChI is InChI=1S/C20H35N5OS2/c1-3-21-19(23-16-8-7-9-18(14-16)28(26)4-2)22-11-10-17-15-27-20(24-17)25-12-5-6-13-25/h15-16,18H,3-14H2,1-2H3,(H2,21,22,23). The maximum atomic E-state index is 12.2.